The van der Waals surface area contributed by atoms with E-state index in [0.717, 1.165) is 5.52 Å². The average Bonchev–Trinajstić information content (AvgIpc) is 2.38. The fourth-order valence-electron chi connectivity index (χ4n) is 1.55. The van der Waals surface area contributed by atoms with Gasteiger partial charge in [-0.3, -0.25) is 0 Å². The Kier molecular flexibility index (Phi) is 4.23. The molecule has 0 bridgehead atoms. The number of anilines is 1. The maximum absolute atomic E-state index is 11.4. The topological polar surface area (TPSA) is 96.9 Å². The molecule has 0 unspecified atom stereocenters. The molecule has 2 N–H and O–H groups in total. The highest BCUT2D eigenvalue weighted by atomic mass is 32.2. The summed E-state index contributed by atoms with van der Waals surface area (Å²) in [4.78, 5) is 4.24. The van der Waals surface area contributed by atoms with Crippen molar-refractivity contribution in [2.75, 3.05) is 24.2 Å². The molecule has 0 aliphatic rings. The molecule has 0 saturated heterocycles. The van der Waals surface area contributed by atoms with Gasteiger partial charge in [0.2, 0.25) is 16.0 Å². The van der Waals surface area contributed by atoms with Crippen molar-refractivity contribution in [3.8, 4) is 0 Å². The van der Waals surface area contributed by atoms with Gasteiger partial charge in [0.1, 0.15) is 5.52 Å². The summed E-state index contributed by atoms with van der Waals surface area (Å²) in [5.74, 6) is 0.294. The van der Waals surface area contributed by atoms with Crippen LogP contribution in [0.25, 0.3) is 11.0 Å². The van der Waals surface area contributed by atoms with E-state index in [0.29, 0.717) is 18.0 Å². The SMILES string of the molecule is CCNS(=O)(=O)CCNc1nnc2ccccc2n1. The summed E-state index contributed by atoms with van der Waals surface area (Å²) in [5.41, 5.74) is 1.42. The molecule has 7 nitrogen and oxygen atoms in total. The van der Waals surface area contributed by atoms with E-state index in [9.17, 15) is 8.42 Å². The molecule has 1 aromatic carbocycles. The Hall–Kier alpha value is -1.80. The van der Waals surface area contributed by atoms with E-state index < -0.39 is 10.0 Å². The van der Waals surface area contributed by atoms with Crippen molar-refractivity contribution in [1.29, 1.82) is 0 Å². The Morgan fingerprint density at radius 1 is 1.16 bits per heavy atom. The normalized spacial score (nSPS) is 11.6. The Morgan fingerprint density at radius 2 is 1.89 bits per heavy atom. The van der Waals surface area contributed by atoms with Crippen LogP contribution in [0.5, 0.6) is 0 Å². The average molecular weight is 281 g/mol. The molecule has 0 aliphatic carbocycles. The smallest absolute Gasteiger partial charge is 0.243 e. The van der Waals surface area contributed by atoms with Crippen LogP contribution >= 0.6 is 0 Å². The van der Waals surface area contributed by atoms with Gasteiger partial charge in [-0.2, -0.15) is 0 Å². The van der Waals surface area contributed by atoms with Crippen LogP contribution < -0.4 is 10.0 Å². The third-order valence-electron chi connectivity index (χ3n) is 2.38. The van der Waals surface area contributed by atoms with Crippen LogP contribution in [-0.2, 0) is 10.0 Å². The van der Waals surface area contributed by atoms with E-state index in [1.807, 2.05) is 24.3 Å². The van der Waals surface area contributed by atoms with E-state index in [2.05, 4.69) is 25.2 Å². The van der Waals surface area contributed by atoms with Gasteiger partial charge in [-0.05, 0) is 12.1 Å². The first-order chi connectivity index (χ1) is 9.11. The van der Waals surface area contributed by atoms with Crippen LogP contribution in [0, 0.1) is 0 Å². The standard InChI is InChI=1S/C11H15N5O2S/c1-2-13-19(17,18)8-7-12-11-14-9-5-3-4-6-10(9)15-16-11/h3-6,13H,2,7-8H2,1H3,(H,12,14,16). The lowest BCUT2D eigenvalue weighted by atomic mass is 10.3. The monoisotopic (exact) mass is 281 g/mol. The predicted octanol–water partition coefficient (Wildman–Crippen LogP) is 0.376. The number of hydrogen-bond donors (Lipinski definition) is 2. The summed E-state index contributed by atoms with van der Waals surface area (Å²) in [6.45, 7) is 2.35. The highest BCUT2D eigenvalue weighted by Crippen LogP contribution is 2.08. The fraction of sp³-hybridized carbons (Fsp3) is 0.364. The first kappa shape index (κ1) is 13.6. The molecule has 8 heteroatoms. The summed E-state index contributed by atoms with van der Waals surface area (Å²) in [6.07, 6.45) is 0. The molecular formula is C11H15N5O2S. The van der Waals surface area contributed by atoms with Crippen molar-refractivity contribution in [3.05, 3.63) is 24.3 Å². The van der Waals surface area contributed by atoms with Crippen LogP contribution in [-0.4, -0.2) is 42.4 Å². The van der Waals surface area contributed by atoms with Crippen LogP contribution in [0.3, 0.4) is 0 Å². The molecule has 0 saturated carbocycles. The minimum atomic E-state index is -3.23. The van der Waals surface area contributed by atoms with Crippen molar-refractivity contribution >= 4 is 27.0 Å². The fourth-order valence-corrected chi connectivity index (χ4v) is 2.50. The largest absolute Gasteiger partial charge is 0.352 e. The second-order valence-electron chi connectivity index (χ2n) is 3.87. The van der Waals surface area contributed by atoms with E-state index in [4.69, 9.17) is 0 Å². The first-order valence-electron chi connectivity index (χ1n) is 5.91. The number of rotatable bonds is 6. The zero-order valence-corrected chi connectivity index (χ0v) is 11.3. The number of fused-ring (bicyclic) bond motifs is 1. The maximum Gasteiger partial charge on any atom is 0.243 e. The Morgan fingerprint density at radius 3 is 2.63 bits per heavy atom. The lowest BCUT2D eigenvalue weighted by molar-refractivity contribution is 0.584. The van der Waals surface area contributed by atoms with Crippen molar-refractivity contribution in [2.24, 2.45) is 0 Å². The number of benzene rings is 1. The van der Waals surface area contributed by atoms with Gasteiger partial charge in [0.25, 0.3) is 0 Å². The van der Waals surface area contributed by atoms with Crippen LogP contribution in [0.2, 0.25) is 0 Å². The lowest BCUT2D eigenvalue weighted by Gasteiger charge is -2.06. The van der Waals surface area contributed by atoms with E-state index in [1.54, 1.807) is 6.92 Å². The molecule has 0 fully saturated rings. The van der Waals surface area contributed by atoms with Crippen molar-refractivity contribution < 1.29 is 8.42 Å². The summed E-state index contributed by atoms with van der Waals surface area (Å²) in [6, 6.07) is 7.35. The first-order valence-corrected chi connectivity index (χ1v) is 7.56. The van der Waals surface area contributed by atoms with Gasteiger partial charge < -0.3 is 5.32 Å². The summed E-state index contributed by atoms with van der Waals surface area (Å²) >= 11 is 0. The van der Waals surface area contributed by atoms with E-state index >= 15 is 0 Å². The highest BCUT2D eigenvalue weighted by molar-refractivity contribution is 7.89. The Balaban J connectivity index is 1.98. The number of para-hydroxylation sites is 1. The van der Waals surface area contributed by atoms with Gasteiger partial charge in [-0.15, -0.1) is 10.2 Å². The molecule has 0 atom stereocenters. The number of aromatic nitrogens is 3. The van der Waals surface area contributed by atoms with Gasteiger partial charge in [-0.1, -0.05) is 19.1 Å². The van der Waals surface area contributed by atoms with Crippen LogP contribution in [0.4, 0.5) is 5.95 Å². The van der Waals surface area contributed by atoms with Gasteiger partial charge >= 0.3 is 0 Å². The van der Waals surface area contributed by atoms with Gasteiger partial charge in [0.15, 0.2) is 0 Å². The molecule has 0 amide bonds. The highest BCUT2D eigenvalue weighted by Gasteiger charge is 2.08. The predicted molar refractivity (Wildman–Crippen MR) is 73.3 cm³/mol. The van der Waals surface area contributed by atoms with Crippen LogP contribution in [0.1, 0.15) is 6.92 Å². The third-order valence-corrected chi connectivity index (χ3v) is 3.85. The minimum absolute atomic E-state index is 0.0307. The lowest BCUT2D eigenvalue weighted by Crippen LogP contribution is -2.29. The van der Waals surface area contributed by atoms with Crippen LogP contribution in [0.15, 0.2) is 24.3 Å². The quantitative estimate of drug-likeness (QED) is 0.794. The van der Waals surface area contributed by atoms with Gasteiger partial charge in [0, 0.05) is 13.1 Å². The summed E-state index contributed by atoms with van der Waals surface area (Å²) in [7, 11) is -3.23. The molecule has 19 heavy (non-hydrogen) atoms. The van der Waals surface area contributed by atoms with Crippen molar-refractivity contribution in [2.45, 2.75) is 6.92 Å². The van der Waals surface area contributed by atoms with Crippen molar-refractivity contribution in [3.63, 3.8) is 0 Å². The molecule has 1 aromatic heterocycles. The molecule has 1 heterocycles. The summed E-state index contributed by atoms with van der Waals surface area (Å²) in [5, 5.41) is 10.7. The Bertz CT molecular complexity index is 659. The van der Waals surface area contributed by atoms with Crippen molar-refractivity contribution in [1.82, 2.24) is 19.9 Å². The molecule has 2 rings (SSSR count). The van der Waals surface area contributed by atoms with Gasteiger partial charge in [-0.25, -0.2) is 18.1 Å². The zero-order chi connectivity index (χ0) is 13.7. The molecule has 0 radical (unpaired) electrons. The number of sulfonamides is 1. The summed E-state index contributed by atoms with van der Waals surface area (Å²) < 4.78 is 25.3. The number of hydrogen-bond acceptors (Lipinski definition) is 6. The zero-order valence-electron chi connectivity index (χ0n) is 10.5. The Labute approximate surface area is 111 Å². The maximum atomic E-state index is 11.4. The second kappa shape index (κ2) is 5.89. The number of nitrogens with zero attached hydrogens (tertiary/aromatic N) is 3. The molecule has 0 aliphatic heterocycles. The third kappa shape index (κ3) is 3.83. The molecule has 102 valence electrons. The van der Waals surface area contributed by atoms with E-state index in [-0.39, 0.29) is 12.3 Å². The second-order valence-corrected chi connectivity index (χ2v) is 5.79. The molecule has 2 aromatic rings. The van der Waals surface area contributed by atoms with E-state index in [1.165, 1.54) is 0 Å². The number of nitrogens with one attached hydrogen (secondary N) is 2. The molecular weight excluding hydrogens is 266 g/mol. The molecule has 0 spiro atoms. The minimum Gasteiger partial charge on any atom is -0.352 e. The van der Waals surface area contributed by atoms with Gasteiger partial charge in [0.05, 0.1) is 11.3 Å².